The first-order valence-electron chi connectivity index (χ1n) is 8.36. The minimum Gasteiger partial charge on any atom is -0.328 e. The molecule has 4 N–H and O–H groups in total. The maximum absolute atomic E-state index is 14.3. The molecule has 0 fully saturated rings. The smallest absolute Gasteiger partial charge is 0.328 e. The first-order chi connectivity index (χ1) is 13.6. The van der Waals surface area contributed by atoms with Gasteiger partial charge in [-0.25, -0.2) is 19.1 Å². The van der Waals surface area contributed by atoms with Gasteiger partial charge in [0.1, 0.15) is 5.82 Å². The van der Waals surface area contributed by atoms with Crippen molar-refractivity contribution in [1.82, 2.24) is 9.88 Å². The predicted octanol–water partition coefficient (Wildman–Crippen LogP) is 2.90. The number of aromatic nitrogens is 1. The van der Waals surface area contributed by atoms with Crippen molar-refractivity contribution in [2.24, 2.45) is 11.5 Å². The lowest BCUT2D eigenvalue weighted by Gasteiger charge is -2.44. The van der Waals surface area contributed by atoms with Gasteiger partial charge in [-0.05, 0) is 18.2 Å². The summed E-state index contributed by atoms with van der Waals surface area (Å²) in [5, 5.41) is 0.548. The molecule has 1 aliphatic rings. The first-order valence-corrected chi connectivity index (χ1v) is 8.74. The Kier molecular flexibility index (Phi) is 5.68. The molecule has 0 radical (unpaired) electrons. The highest BCUT2D eigenvalue weighted by Crippen LogP contribution is 2.38. The lowest BCUT2D eigenvalue weighted by Crippen LogP contribution is -2.61. The standard InChI is InChI=1S/C17H16ClF4N5O2/c1-2-26-13(23)8-6-7-11(12-9(18)4-3-5-10(12)19)25-14(8)27(16(26)24)29-15(28)17(20,21)22/h3-7,13,16H,2,23-24H2,1H3. The third-order valence-electron chi connectivity index (χ3n) is 4.37. The second-order valence-electron chi connectivity index (χ2n) is 6.10. The lowest BCUT2D eigenvalue weighted by atomic mass is 10.1. The van der Waals surface area contributed by atoms with Crippen LogP contribution in [0.15, 0.2) is 30.3 Å². The van der Waals surface area contributed by atoms with Crippen LogP contribution in [0.2, 0.25) is 5.02 Å². The van der Waals surface area contributed by atoms with E-state index >= 15 is 0 Å². The number of nitrogens with two attached hydrogens (primary N) is 2. The molecule has 2 unspecified atom stereocenters. The van der Waals surface area contributed by atoms with Crippen molar-refractivity contribution in [3.05, 3.63) is 46.7 Å². The van der Waals surface area contributed by atoms with E-state index in [0.29, 0.717) is 5.06 Å². The Bertz CT molecular complexity index is 922. The normalized spacial score (nSPS) is 19.8. The number of benzene rings is 1. The van der Waals surface area contributed by atoms with Gasteiger partial charge in [-0.3, -0.25) is 5.73 Å². The Morgan fingerprint density at radius 1 is 1.28 bits per heavy atom. The lowest BCUT2D eigenvalue weighted by molar-refractivity contribution is -0.204. The zero-order chi connectivity index (χ0) is 21.5. The van der Waals surface area contributed by atoms with Crippen LogP contribution in [0.3, 0.4) is 0 Å². The number of alkyl halides is 3. The average molecular weight is 434 g/mol. The Balaban J connectivity index is 2.14. The summed E-state index contributed by atoms with van der Waals surface area (Å²) < 4.78 is 52.5. The third kappa shape index (κ3) is 3.86. The summed E-state index contributed by atoms with van der Waals surface area (Å²) in [6.45, 7) is 1.91. The number of hydrogen-bond acceptors (Lipinski definition) is 7. The van der Waals surface area contributed by atoms with E-state index in [1.165, 1.54) is 29.2 Å². The highest BCUT2D eigenvalue weighted by Gasteiger charge is 2.46. The van der Waals surface area contributed by atoms with Gasteiger partial charge >= 0.3 is 12.1 Å². The molecule has 0 saturated heterocycles. The molecule has 7 nitrogen and oxygen atoms in total. The van der Waals surface area contributed by atoms with Gasteiger partial charge in [-0.2, -0.15) is 18.2 Å². The molecule has 0 spiro atoms. The molecule has 0 saturated carbocycles. The van der Waals surface area contributed by atoms with Crippen LogP contribution in [0, 0.1) is 5.82 Å². The fraction of sp³-hybridized carbons (Fsp3) is 0.294. The van der Waals surface area contributed by atoms with Crippen LogP contribution in [0.25, 0.3) is 11.3 Å². The van der Waals surface area contributed by atoms with E-state index in [-0.39, 0.29) is 34.2 Å². The van der Waals surface area contributed by atoms with Gasteiger partial charge in [-0.15, -0.1) is 0 Å². The summed E-state index contributed by atoms with van der Waals surface area (Å²) in [4.78, 5) is 21.5. The summed E-state index contributed by atoms with van der Waals surface area (Å²) in [6.07, 6.45) is -7.46. The summed E-state index contributed by atoms with van der Waals surface area (Å²) in [6, 6.07) is 6.83. The molecule has 3 rings (SSSR count). The average Bonchev–Trinajstić information content (AvgIpc) is 2.64. The van der Waals surface area contributed by atoms with E-state index in [2.05, 4.69) is 9.82 Å². The van der Waals surface area contributed by atoms with E-state index in [1.807, 2.05) is 0 Å². The van der Waals surface area contributed by atoms with Crippen LogP contribution in [0.5, 0.6) is 0 Å². The van der Waals surface area contributed by atoms with Crippen molar-refractivity contribution in [2.75, 3.05) is 11.6 Å². The Morgan fingerprint density at radius 3 is 2.55 bits per heavy atom. The van der Waals surface area contributed by atoms with Crippen molar-refractivity contribution < 1.29 is 27.2 Å². The first kappa shape index (κ1) is 21.2. The maximum Gasteiger partial charge on any atom is 0.493 e. The van der Waals surface area contributed by atoms with Crippen LogP contribution in [-0.2, 0) is 9.63 Å². The highest BCUT2D eigenvalue weighted by molar-refractivity contribution is 6.33. The minimum absolute atomic E-state index is 0.00394. The molecular formula is C17H16ClF4N5O2. The summed E-state index contributed by atoms with van der Waals surface area (Å²) in [5.41, 5.74) is 12.3. The monoisotopic (exact) mass is 433 g/mol. The fourth-order valence-electron chi connectivity index (χ4n) is 2.97. The van der Waals surface area contributed by atoms with E-state index < -0.39 is 30.4 Å². The van der Waals surface area contributed by atoms with Crippen molar-refractivity contribution in [3.63, 3.8) is 0 Å². The number of nitrogens with zero attached hydrogens (tertiary/aromatic N) is 3. The predicted molar refractivity (Wildman–Crippen MR) is 96.6 cm³/mol. The van der Waals surface area contributed by atoms with Gasteiger partial charge < -0.3 is 10.6 Å². The Hall–Kier alpha value is -2.47. The number of rotatable bonds is 3. The van der Waals surface area contributed by atoms with Gasteiger partial charge in [0.2, 0.25) is 0 Å². The van der Waals surface area contributed by atoms with Gasteiger partial charge in [0.15, 0.2) is 12.1 Å². The SMILES string of the molecule is CCN1C(N)c2ccc(-c3c(F)cccc3Cl)nc2N(OC(=O)C(F)(F)F)C1N. The molecule has 2 atom stereocenters. The van der Waals surface area contributed by atoms with Crippen molar-refractivity contribution in [2.45, 2.75) is 25.6 Å². The van der Waals surface area contributed by atoms with Crippen LogP contribution in [-0.4, -0.2) is 34.9 Å². The zero-order valence-electron chi connectivity index (χ0n) is 15.0. The summed E-state index contributed by atoms with van der Waals surface area (Å²) in [7, 11) is 0. The molecule has 0 aliphatic carbocycles. The molecule has 1 aliphatic heterocycles. The van der Waals surface area contributed by atoms with Crippen molar-refractivity contribution in [3.8, 4) is 11.3 Å². The molecule has 1 aromatic carbocycles. The number of hydrogen-bond donors (Lipinski definition) is 2. The number of fused-ring (bicyclic) bond motifs is 1. The highest BCUT2D eigenvalue weighted by atomic mass is 35.5. The van der Waals surface area contributed by atoms with E-state index in [4.69, 9.17) is 23.1 Å². The van der Waals surface area contributed by atoms with E-state index in [0.717, 1.165) is 6.07 Å². The van der Waals surface area contributed by atoms with Gasteiger partial charge in [-0.1, -0.05) is 30.7 Å². The topological polar surface area (TPSA) is 97.7 Å². The second-order valence-corrected chi connectivity index (χ2v) is 6.50. The zero-order valence-corrected chi connectivity index (χ0v) is 15.7. The number of anilines is 1. The second kappa shape index (κ2) is 7.75. The summed E-state index contributed by atoms with van der Waals surface area (Å²) >= 11 is 6.05. The molecule has 156 valence electrons. The fourth-order valence-corrected chi connectivity index (χ4v) is 3.23. The molecule has 29 heavy (non-hydrogen) atoms. The van der Waals surface area contributed by atoms with Crippen LogP contribution < -0.4 is 16.5 Å². The van der Waals surface area contributed by atoms with Crippen molar-refractivity contribution in [1.29, 1.82) is 0 Å². The van der Waals surface area contributed by atoms with Gasteiger partial charge in [0, 0.05) is 12.1 Å². The van der Waals surface area contributed by atoms with Crippen LogP contribution in [0.4, 0.5) is 23.4 Å². The number of pyridine rings is 1. The molecule has 2 heterocycles. The van der Waals surface area contributed by atoms with E-state index in [1.54, 1.807) is 6.92 Å². The molecule has 0 bridgehead atoms. The number of carbonyl (C=O) groups excluding carboxylic acids is 1. The van der Waals surface area contributed by atoms with Crippen LogP contribution in [0.1, 0.15) is 18.7 Å². The molecule has 1 aromatic heterocycles. The number of halogens is 5. The summed E-state index contributed by atoms with van der Waals surface area (Å²) in [5.74, 6) is -3.42. The largest absolute Gasteiger partial charge is 0.493 e. The van der Waals surface area contributed by atoms with Gasteiger partial charge in [0.25, 0.3) is 0 Å². The maximum atomic E-state index is 14.3. The van der Waals surface area contributed by atoms with Gasteiger partial charge in [0.05, 0.1) is 22.4 Å². The van der Waals surface area contributed by atoms with E-state index in [9.17, 15) is 22.4 Å². The quantitative estimate of drug-likeness (QED) is 0.718. The van der Waals surface area contributed by atoms with Crippen LogP contribution >= 0.6 is 11.6 Å². The molecular weight excluding hydrogens is 418 g/mol. The Morgan fingerprint density at radius 2 is 1.97 bits per heavy atom. The molecule has 0 amide bonds. The van der Waals surface area contributed by atoms with Crippen molar-refractivity contribution >= 4 is 23.4 Å². The number of hydroxylamine groups is 1. The third-order valence-corrected chi connectivity index (χ3v) is 4.68. The minimum atomic E-state index is -5.26. The molecule has 12 heteroatoms. The Labute approximate surface area is 167 Å². The molecule has 2 aromatic rings. The number of carbonyl (C=O) groups is 1.